The summed E-state index contributed by atoms with van der Waals surface area (Å²) in [7, 11) is 1.51. The maximum atomic E-state index is 11.1. The monoisotopic (exact) mass is 234 g/mol. The van der Waals surface area contributed by atoms with Crippen LogP contribution >= 0.6 is 0 Å². The molecular weight excluding hydrogens is 224 g/mol. The van der Waals surface area contributed by atoms with E-state index in [1.165, 1.54) is 7.11 Å². The van der Waals surface area contributed by atoms with Crippen LogP contribution in [0.1, 0.15) is 10.5 Å². The molecule has 0 atom stereocenters. The molecule has 2 rings (SSSR count). The van der Waals surface area contributed by atoms with E-state index in [9.17, 15) is 9.59 Å². The molecule has 0 aliphatic heterocycles. The van der Waals surface area contributed by atoms with E-state index in [2.05, 4.69) is 9.97 Å². The summed E-state index contributed by atoms with van der Waals surface area (Å²) in [5.74, 6) is -0.609. The summed E-state index contributed by atoms with van der Waals surface area (Å²) in [6.07, 6.45) is 0. The maximum Gasteiger partial charge on any atom is 0.354 e. The van der Waals surface area contributed by atoms with Gasteiger partial charge in [-0.1, -0.05) is 12.1 Å². The van der Waals surface area contributed by atoms with Crippen LogP contribution in [0.4, 0.5) is 0 Å². The summed E-state index contributed by atoms with van der Waals surface area (Å²) in [4.78, 5) is 26.8. The summed E-state index contributed by atoms with van der Waals surface area (Å²) in [5.41, 5.74) is 0.0879. The predicted octanol–water partition coefficient (Wildman–Crippen LogP) is 1.08. The lowest BCUT2D eigenvalue weighted by Crippen LogP contribution is -2.03. The number of rotatable bonds is 3. The van der Waals surface area contributed by atoms with Crippen molar-refractivity contribution in [2.24, 2.45) is 0 Å². The lowest BCUT2D eigenvalue weighted by atomic mass is 10.1. The Morgan fingerprint density at radius 1 is 1.35 bits per heavy atom. The maximum absolute atomic E-state index is 11.1. The molecule has 2 aromatic rings. The van der Waals surface area contributed by atoms with Crippen molar-refractivity contribution < 1.29 is 14.6 Å². The number of carboxylic acids is 1. The number of nitrogens with one attached hydrogen (secondary N) is 2. The van der Waals surface area contributed by atoms with Crippen molar-refractivity contribution in [1.29, 1.82) is 0 Å². The molecule has 1 aromatic heterocycles. The van der Waals surface area contributed by atoms with Crippen LogP contribution < -0.4 is 10.4 Å². The molecule has 0 saturated carbocycles. The smallest absolute Gasteiger partial charge is 0.354 e. The third-order valence-corrected chi connectivity index (χ3v) is 2.30. The van der Waals surface area contributed by atoms with Crippen LogP contribution in [-0.2, 0) is 0 Å². The number of carbonyl (C=O) groups is 1. The number of carboxylic acid groups (broad SMARTS) is 1. The first-order chi connectivity index (χ1) is 8.11. The number of ether oxygens (including phenoxy) is 1. The number of hydrogen-bond donors (Lipinski definition) is 3. The molecule has 3 N–H and O–H groups in total. The number of aromatic carboxylic acids is 1. The summed E-state index contributed by atoms with van der Waals surface area (Å²) >= 11 is 0. The van der Waals surface area contributed by atoms with Gasteiger partial charge < -0.3 is 14.8 Å². The third-order valence-electron chi connectivity index (χ3n) is 2.30. The first-order valence-electron chi connectivity index (χ1n) is 4.82. The Balaban J connectivity index is 2.59. The zero-order valence-corrected chi connectivity index (χ0v) is 8.98. The Kier molecular flexibility index (Phi) is 2.70. The SMILES string of the molecule is COc1cccc(-c2[nH]c(=O)[nH]c2C(=O)O)c1. The normalized spacial score (nSPS) is 10.2. The fraction of sp³-hybridized carbons (Fsp3) is 0.0909. The molecule has 0 aliphatic carbocycles. The van der Waals surface area contributed by atoms with Crippen LogP contribution in [0.2, 0.25) is 0 Å². The summed E-state index contributed by atoms with van der Waals surface area (Å²) in [6, 6.07) is 6.78. The molecular formula is C11H10N2O4. The highest BCUT2D eigenvalue weighted by molar-refractivity contribution is 5.92. The van der Waals surface area contributed by atoms with E-state index >= 15 is 0 Å². The van der Waals surface area contributed by atoms with Gasteiger partial charge in [-0.05, 0) is 12.1 Å². The van der Waals surface area contributed by atoms with Crippen LogP contribution in [-0.4, -0.2) is 28.2 Å². The molecule has 88 valence electrons. The molecule has 0 radical (unpaired) electrons. The van der Waals surface area contributed by atoms with Crippen LogP contribution in [0.25, 0.3) is 11.3 Å². The molecule has 6 heteroatoms. The topological polar surface area (TPSA) is 95.2 Å². The van der Waals surface area contributed by atoms with Gasteiger partial charge in [0.05, 0.1) is 12.8 Å². The highest BCUT2D eigenvalue weighted by Gasteiger charge is 2.15. The van der Waals surface area contributed by atoms with Crippen molar-refractivity contribution in [2.45, 2.75) is 0 Å². The molecule has 1 aromatic carbocycles. The minimum Gasteiger partial charge on any atom is -0.497 e. The number of aromatic amines is 2. The van der Waals surface area contributed by atoms with Gasteiger partial charge in [0.1, 0.15) is 5.75 Å². The molecule has 0 bridgehead atoms. The van der Waals surface area contributed by atoms with E-state index in [4.69, 9.17) is 9.84 Å². The van der Waals surface area contributed by atoms with E-state index in [0.717, 1.165) is 0 Å². The number of aromatic nitrogens is 2. The van der Waals surface area contributed by atoms with Gasteiger partial charge in [-0.15, -0.1) is 0 Å². The van der Waals surface area contributed by atoms with Crippen molar-refractivity contribution in [1.82, 2.24) is 9.97 Å². The molecule has 0 unspecified atom stereocenters. The van der Waals surface area contributed by atoms with Gasteiger partial charge in [0.2, 0.25) is 0 Å². The van der Waals surface area contributed by atoms with E-state index < -0.39 is 11.7 Å². The zero-order valence-electron chi connectivity index (χ0n) is 8.98. The van der Waals surface area contributed by atoms with E-state index in [0.29, 0.717) is 11.3 Å². The molecule has 0 aliphatic rings. The van der Waals surface area contributed by atoms with Crippen molar-refractivity contribution >= 4 is 5.97 Å². The first kappa shape index (κ1) is 11.0. The van der Waals surface area contributed by atoms with Crippen molar-refractivity contribution in [3.05, 3.63) is 40.4 Å². The highest BCUT2D eigenvalue weighted by Crippen LogP contribution is 2.23. The Labute approximate surface area is 95.9 Å². The summed E-state index contributed by atoms with van der Waals surface area (Å²) in [6.45, 7) is 0. The molecule has 6 nitrogen and oxygen atoms in total. The lowest BCUT2D eigenvalue weighted by Gasteiger charge is -2.03. The van der Waals surface area contributed by atoms with Crippen LogP contribution in [0.5, 0.6) is 5.75 Å². The van der Waals surface area contributed by atoms with E-state index in [-0.39, 0.29) is 11.4 Å². The Bertz CT molecular complexity index is 612. The van der Waals surface area contributed by atoms with Gasteiger partial charge in [0, 0.05) is 5.56 Å². The average Bonchev–Trinajstić information content (AvgIpc) is 2.72. The van der Waals surface area contributed by atoms with Gasteiger partial charge in [-0.3, -0.25) is 4.98 Å². The van der Waals surface area contributed by atoms with Crippen molar-refractivity contribution in [3.8, 4) is 17.0 Å². The molecule has 0 saturated heterocycles. The minimum atomic E-state index is -1.19. The number of hydrogen-bond acceptors (Lipinski definition) is 3. The largest absolute Gasteiger partial charge is 0.497 e. The quantitative estimate of drug-likeness (QED) is 0.740. The number of H-pyrrole nitrogens is 2. The Hall–Kier alpha value is -2.50. The van der Waals surface area contributed by atoms with Crippen LogP contribution in [0.3, 0.4) is 0 Å². The second-order valence-electron chi connectivity index (χ2n) is 3.37. The zero-order chi connectivity index (χ0) is 12.4. The van der Waals surface area contributed by atoms with Crippen molar-refractivity contribution in [2.75, 3.05) is 7.11 Å². The molecule has 17 heavy (non-hydrogen) atoms. The first-order valence-corrected chi connectivity index (χ1v) is 4.82. The van der Waals surface area contributed by atoms with Crippen LogP contribution in [0, 0.1) is 0 Å². The predicted molar refractivity (Wildman–Crippen MR) is 60.4 cm³/mol. The van der Waals surface area contributed by atoms with Gasteiger partial charge in [0.15, 0.2) is 5.69 Å². The second-order valence-corrected chi connectivity index (χ2v) is 3.37. The highest BCUT2D eigenvalue weighted by atomic mass is 16.5. The van der Waals surface area contributed by atoms with Gasteiger partial charge in [-0.25, -0.2) is 9.59 Å². The number of methoxy groups -OCH3 is 1. The van der Waals surface area contributed by atoms with E-state index in [1.54, 1.807) is 24.3 Å². The molecule has 0 fully saturated rings. The minimum absolute atomic E-state index is 0.164. The summed E-state index contributed by atoms with van der Waals surface area (Å²) in [5, 5.41) is 8.95. The fourth-order valence-electron chi connectivity index (χ4n) is 1.54. The van der Waals surface area contributed by atoms with Gasteiger partial charge in [-0.2, -0.15) is 0 Å². The third kappa shape index (κ3) is 2.05. The average molecular weight is 234 g/mol. The summed E-state index contributed by atoms with van der Waals surface area (Å²) < 4.78 is 5.03. The Morgan fingerprint density at radius 2 is 2.12 bits per heavy atom. The lowest BCUT2D eigenvalue weighted by molar-refractivity contribution is 0.0692. The van der Waals surface area contributed by atoms with Gasteiger partial charge in [0.25, 0.3) is 0 Å². The fourth-order valence-corrected chi connectivity index (χ4v) is 1.54. The Morgan fingerprint density at radius 3 is 2.76 bits per heavy atom. The molecule has 0 amide bonds. The van der Waals surface area contributed by atoms with E-state index in [1.807, 2.05) is 0 Å². The second kappa shape index (κ2) is 4.17. The molecule has 1 heterocycles. The van der Waals surface area contributed by atoms with Crippen LogP contribution in [0.15, 0.2) is 29.1 Å². The van der Waals surface area contributed by atoms with Gasteiger partial charge >= 0.3 is 11.7 Å². The standard InChI is InChI=1S/C11H10N2O4/c1-17-7-4-2-3-6(5-7)8-9(10(14)15)13-11(16)12-8/h2-5H,1H3,(H,14,15)(H2,12,13,16). The number of imidazole rings is 1. The van der Waals surface area contributed by atoms with Crippen molar-refractivity contribution in [3.63, 3.8) is 0 Å². The molecule has 0 spiro atoms. The number of benzene rings is 1.